The zero-order chi connectivity index (χ0) is 20.8. The van der Waals surface area contributed by atoms with E-state index in [-0.39, 0.29) is 0 Å². The normalized spacial score (nSPS) is 21.4. The second-order valence-electron chi connectivity index (χ2n) is 8.81. The zero-order valence-electron chi connectivity index (χ0n) is 18.1. The topological polar surface area (TPSA) is 32.8 Å². The van der Waals surface area contributed by atoms with E-state index in [1.54, 1.807) is 7.11 Å². The van der Waals surface area contributed by atoms with Gasteiger partial charge in [-0.05, 0) is 74.4 Å². The lowest BCUT2D eigenvalue weighted by molar-refractivity contribution is -0.131. The molecule has 0 spiro atoms. The summed E-state index contributed by atoms with van der Waals surface area (Å²) in [4.78, 5) is 17.4. The molecule has 2 fully saturated rings. The highest BCUT2D eigenvalue weighted by atomic mass is 16.5. The van der Waals surface area contributed by atoms with Crippen LogP contribution in [0.5, 0.6) is 5.75 Å². The Balaban J connectivity index is 1.27. The Kier molecular flexibility index (Phi) is 7.06. The molecule has 0 aliphatic carbocycles. The van der Waals surface area contributed by atoms with E-state index in [0.717, 1.165) is 31.1 Å². The summed E-state index contributed by atoms with van der Waals surface area (Å²) < 4.78 is 5.24. The van der Waals surface area contributed by atoms with Gasteiger partial charge < -0.3 is 14.5 Å². The van der Waals surface area contributed by atoms with Crippen molar-refractivity contribution in [1.29, 1.82) is 0 Å². The largest absolute Gasteiger partial charge is 0.497 e. The predicted octanol–water partition coefficient (Wildman–Crippen LogP) is 4.53. The smallest absolute Gasteiger partial charge is 0.222 e. The van der Waals surface area contributed by atoms with Crippen LogP contribution in [0.2, 0.25) is 0 Å². The van der Waals surface area contributed by atoms with Gasteiger partial charge in [-0.2, -0.15) is 0 Å². The monoisotopic (exact) mass is 406 g/mol. The molecule has 160 valence electrons. The molecule has 2 aromatic carbocycles. The van der Waals surface area contributed by atoms with Crippen molar-refractivity contribution in [3.8, 4) is 5.75 Å². The molecule has 1 atom stereocenters. The van der Waals surface area contributed by atoms with E-state index in [4.69, 9.17) is 4.74 Å². The second kappa shape index (κ2) is 10.1. The van der Waals surface area contributed by atoms with E-state index in [0.29, 0.717) is 24.9 Å². The van der Waals surface area contributed by atoms with Crippen LogP contribution in [-0.2, 0) is 17.8 Å². The first-order valence-electron chi connectivity index (χ1n) is 11.4. The van der Waals surface area contributed by atoms with E-state index in [2.05, 4.69) is 47.4 Å². The number of ether oxygens (including phenoxy) is 1. The molecule has 1 unspecified atom stereocenters. The van der Waals surface area contributed by atoms with Crippen LogP contribution in [0.15, 0.2) is 54.6 Å². The molecular formula is C26H34N2O2. The van der Waals surface area contributed by atoms with Crippen LogP contribution in [0, 0.1) is 5.92 Å². The molecular weight excluding hydrogens is 372 g/mol. The molecule has 0 bridgehead atoms. The summed E-state index contributed by atoms with van der Waals surface area (Å²) in [7, 11) is 1.68. The van der Waals surface area contributed by atoms with Crippen LogP contribution >= 0.6 is 0 Å². The molecule has 4 rings (SSSR count). The van der Waals surface area contributed by atoms with Gasteiger partial charge in [0, 0.05) is 25.6 Å². The Morgan fingerprint density at radius 3 is 2.30 bits per heavy atom. The first kappa shape index (κ1) is 20.9. The molecule has 30 heavy (non-hydrogen) atoms. The minimum atomic E-state index is 0.298. The van der Waals surface area contributed by atoms with Gasteiger partial charge in [0.05, 0.1) is 7.11 Å². The van der Waals surface area contributed by atoms with Crippen LogP contribution in [0.25, 0.3) is 0 Å². The molecule has 2 aliphatic rings. The van der Waals surface area contributed by atoms with E-state index < -0.39 is 0 Å². The fourth-order valence-corrected chi connectivity index (χ4v) is 4.98. The fourth-order valence-electron chi connectivity index (χ4n) is 4.98. The highest BCUT2D eigenvalue weighted by Crippen LogP contribution is 2.27. The third-order valence-corrected chi connectivity index (χ3v) is 6.84. The number of amides is 1. The summed E-state index contributed by atoms with van der Waals surface area (Å²) in [6, 6.07) is 19.5. The van der Waals surface area contributed by atoms with E-state index in [1.165, 1.54) is 43.5 Å². The Bertz CT molecular complexity index is 798. The number of benzene rings is 2. The van der Waals surface area contributed by atoms with Gasteiger partial charge in [0.2, 0.25) is 5.91 Å². The Morgan fingerprint density at radius 2 is 1.60 bits per heavy atom. The highest BCUT2D eigenvalue weighted by molar-refractivity contribution is 5.76. The summed E-state index contributed by atoms with van der Waals surface area (Å²) >= 11 is 0. The molecule has 0 aromatic heterocycles. The molecule has 0 saturated carbocycles. The molecule has 2 saturated heterocycles. The average Bonchev–Trinajstić information content (AvgIpc) is 2.97. The second-order valence-corrected chi connectivity index (χ2v) is 8.81. The molecule has 4 heteroatoms. The Labute approximate surface area is 180 Å². The van der Waals surface area contributed by atoms with Crippen molar-refractivity contribution in [1.82, 2.24) is 9.80 Å². The molecule has 1 amide bonds. The van der Waals surface area contributed by atoms with Gasteiger partial charge in [-0.15, -0.1) is 0 Å². The van der Waals surface area contributed by atoms with E-state index in [9.17, 15) is 4.79 Å². The molecule has 2 heterocycles. The quantitative estimate of drug-likeness (QED) is 0.707. The maximum absolute atomic E-state index is 12.7. The number of rotatable bonds is 6. The van der Waals surface area contributed by atoms with Crippen molar-refractivity contribution in [2.24, 2.45) is 5.92 Å². The lowest BCUT2D eigenvalue weighted by Crippen LogP contribution is -2.42. The molecule has 0 radical (unpaired) electrons. The van der Waals surface area contributed by atoms with Gasteiger partial charge in [-0.25, -0.2) is 0 Å². The Morgan fingerprint density at radius 1 is 0.867 bits per heavy atom. The van der Waals surface area contributed by atoms with E-state index >= 15 is 0 Å². The molecule has 0 N–H and O–H groups in total. The number of piperidine rings is 1. The number of likely N-dealkylation sites (tertiary alicyclic amines) is 2. The molecule has 2 aliphatic heterocycles. The number of hydrogen-bond donors (Lipinski definition) is 0. The van der Waals surface area contributed by atoms with Gasteiger partial charge in [-0.3, -0.25) is 4.79 Å². The number of methoxy groups -OCH3 is 1. The SMILES string of the molecule is COc1ccc(CN2CCC(N3CCC(Cc4ccccc4)CC3)CCC2=O)cc1. The maximum atomic E-state index is 12.7. The van der Waals surface area contributed by atoms with E-state index in [1.807, 2.05) is 17.0 Å². The van der Waals surface area contributed by atoms with Gasteiger partial charge in [-0.1, -0.05) is 42.5 Å². The van der Waals surface area contributed by atoms with Crippen molar-refractivity contribution >= 4 is 5.91 Å². The third kappa shape index (κ3) is 5.42. The standard InChI is InChI=1S/C26H34N2O2/c1-30-25-10-7-23(8-11-25)20-28-18-15-24(9-12-26(28)29)27-16-13-22(14-17-27)19-21-5-3-2-4-6-21/h2-8,10-11,22,24H,9,12-20H2,1H3. The summed E-state index contributed by atoms with van der Waals surface area (Å²) in [5.41, 5.74) is 2.63. The number of hydrogen-bond acceptors (Lipinski definition) is 3. The van der Waals surface area contributed by atoms with Crippen molar-refractivity contribution in [2.75, 3.05) is 26.7 Å². The zero-order valence-corrected chi connectivity index (χ0v) is 18.1. The molecule has 4 nitrogen and oxygen atoms in total. The van der Waals surface area contributed by atoms with Gasteiger partial charge in [0.1, 0.15) is 5.75 Å². The number of carbonyl (C=O) groups excluding carboxylic acids is 1. The lowest BCUT2D eigenvalue weighted by Gasteiger charge is -2.37. The van der Waals surface area contributed by atoms with Gasteiger partial charge in [0.15, 0.2) is 0 Å². The summed E-state index contributed by atoms with van der Waals surface area (Å²) in [5.74, 6) is 1.95. The first-order valence-corrected chi connectivity index (χ1v) is 11.4. The predicted molar refractivity (Wildman–Crippen MR) is 120 cm³/mol. The summed E-state index contributed by atoms with van der Waals surface area (Å²) in [6.45, 7) is 3.91. The van der Waals surface area contributed by atoms with Crippen molar-refractivity contribution in [2.45, 2.75) is 51.1 Å². The van der Waals surface area contributed by atoms with Crippen LogP contribution < -0.4 is 4.74 Å². The third-order valence-electron chi connectivity index (χ3n) is 6.84. The highest BCUT2D eigenvalue weighted by Gasteiger charge is 2.29. The average molecular weight is 407 g/mol. The fraction of sp³-hybridized carbons (Fsp3) is 0.500. The van der Waals surface area contributed by atoms with Crippen LogP contribution in [0.1, 0.15) is 43.2 Å². The van der Waals surface area contributed by atoms with Crippen LogP contribution in [-0.4, -0.2) is 48.5 Å². The van der Waals surface area contributed by atoms with Crippen molar-refractivity contribution in [3.63, 3.8) is 0 Å². The van der Waals surface area contributed by atoms with Crippen LogP contribution in [0.3, 0.4) is 0 Å². The van der Waals surface area contributed by atoms with Gasteiger partial charge >= 0.3 is 0 Å². The van der Waals surface area contributed by atoms with Crippen molar-refractivity contribution in [3.05, 3.63) is 65.7 Å². The maximum Gasteiger partial charge on any atom is 0.222 e. The number of carbonyl (C=O) groups is 1. The molecule has 2 aromatic rings. The minimum absolute atomic E-state index is 0.298. The van der Waals surface area contributed by atoms with Gasteiger partial charge in [0.25, 0.3) is 0 Å². The van der Waals surface area contributed by atoms with Crippen LogP contribution in [0.4, 0.5) is 0 Å². The number of nitrogens with zero attached hydrogens (tertiary/aromatic N) is 2. The summed E-state index contributed by atoms with van der Waals surface area (Å²) in [5, 5.41) is 0. The summed E-state index contributed by atoms with van der Waals surface area (Å²) in [6.07, 6.45) is 6.51. The minimum Gasteiger partial charge on any atom is -0.497 e. The lowest BCUT2D eigenvalue weighted by atomic mass is 9.89. The Hall–Kier alpha value is -2.33. The van der Waals surface area contributed by atoms with Crippen molar-refractivity contribution < 1.29 is 9.53 Å². The first-order chi connectivity index (χ1) is 14.7.